The molecule has 480 valence electrons. The van der Waals surface area contributed by atoms with Gasteiger partial charge < -0.3 is 102 Å². The molecule has 2 heterocycles. The molecule has 0 bridgehead atoms. The van der Waals surface area contributed by atoms with Crippen LogP contribution in [0.2, 0.25) is 0 Å². The number of aliphatic carboxylic acids is 2. The Morgan fingerprint density at radius 2 is 1.02 bits per heavy atom. The van der Waals surface area contributed by atoms with Crippen LogP contribution in [-0.4, -0.2) is 214 Å². The van der Waals surface area contributed by atoms with E-state index in [9.17, 15) is 86.9 Å². The molecule has 36 nitrogen and oxygen atoms in total. The van der Waals surface area contributed by atoms with E-state index in [4.69, 9.17) is 34.4 Å². The number of nitrogens with zero attached hydrogens (tertiary/aromatic N) is 3. The Kier molecular flexibility index (Phi) is 30.9. The second kappa shape index (κ2) is 36.5. The molecular formula is C50H82N18O18. The number of guanidine groups is 1. The molecular weight excluding hydrogens is 1140 g/mol. The number of hydrogen-bond donors (Lipinski definition) is 17. The van der Waals surface area contributed by atoms with Crippen LogP contribution in [-0.2, 0) is 76.7 Å². The number of nitrogens with two attached hydrogens (primary N) is 6. The molecule has 36 heteroatoms. The van der Waals surface area contributed by atoms with E-state index in [0.29, 0.717) is 6.42 Å². The van der Waals surface area contributed by atoms with Crippen molar-refractivity contribution in [2.45, 2.75) is 165 Å². The molecule has 9 unspecified atom stereocenters. The summed E-state index contributed by atoms with van der Waals surface area (Å²) in [4.78, 5) is 211. The largest absolute Gasteiger partial charge is 0.481 e. The van der Waals surface area contributed by atoms with E-state index in [-0.39, 0.29) is 82.9 Å². The Morgan fingerprint density at radius 1 is 0.523 bits per heavy atom. The first-order valence-electron chi connectivity index (χ1n) is 27.6. The SMILES string of the molecule is CC(C)CC(NC(=O)C1CCCN1C(=O)CNC(=O)C(N)CC(N)=O)C(=O)NC(CCC(N)=O)C(=O)NC(C)C(=O)NCC(=O)NC(CCC(N)=O)C(=O)N1CCCC1C(=O)NCC(=O)NC(CCC(=O)O)C(=O)NC(CCCN=C(N)N)C(=O)O. The first-order valence-corrected chi connectivity index (χ1v) is 27.6. The van der Waals surface area contributed by atoms with Gasteiger partial charge in [0.05, 0.1) is 32.1 Å². The Bertz CT molecular complexity index is 2550. The standard InChI is InChI=1S/C50H82N18O18/c1-24(2)19-31(66-47(83)33-9-5-17-67(33)39(74)23-60-42(78)26(51)20-36(54)71)45(81)64-28(10-13-34(52)69)43(79)61-25(3)41(77)58-21-38(73)63-29(11-14-35(53)70)48(84)68-18-6-8-32(68)46(82)59-22-37(72)62-27(12-15-40(75)76)44(80)65-30(49(85)86)7-4-16-57-50(55)56/h24-33H,4-23,51H2,1-3H3,(H2,52,69)(H2,53,70)(H2,54,71)(H,58,77)(H,59,82)(H,60,78)(H,61,79)(H,62,72)(H,63,73)(H,64,81)(H,65,80)(H,66,83)(H,75,76)(H,85,86)(H4,55,56,57). The van der Waals surface area contributed by atoms with E-state index in [1.807, 2.05) is 0 Å². The fraction of sp³-hybridized carbons (Fsp3) is 0.660. The minimum Gasteiger partial charge on any atom is -0.481 e. The third-order valence-corrected chi connectivity index (χ3v) is 13.3. The monoisotopic (exact) mass is 1220 g/mol. The van der Waals surface area contributed by atoms with Gasteiger partial charge in [0.15, 0.2) is 5.96 Å². The number of amides is 14. The highest BCUT2D eigenvalue weighted by atomic mass is 16.4. The van der Waals surface area contributed by atoms with Crippen molar-refractivity contribution in [3.05, 3.63) is 0 Å². The molecule has 0 radical (unpaired) electrons. The zero-order chi connectivity index (χ0) is 65.0. The lowest BCUT2D eigenvalue weighted by Crippen LogP contribution is -2.58. The summed E-state index contributed by atoms with van der Waals surface area (Å²) in [6.07, 6.45) is -2.25. The first kappa shape index (κ1) is 72.9. The van der Waals surface area contributed by atoms with Crippen LogP contribution in [0.1, 0.15) is 111 Å². The zero-order valence-corrected chi connectivity index (χ0v) is 48.1. The molecule has 2 aliphatic rings. The molecule has 9 atom stereocenters. The molecule has 2 rings (SSSR count). The number of hydrogen-bond acceptors (Lipinski definition) is 18. The zero-order valence-electron chi connectivity index (χ0n) is 48.1. The maximum absolute atomic E-state index is 14.0. The summed E-state index contributed by atoms with van der Waals surface area (Å²) in [6, 6.07) is -12.4. The van der Waals surface area contributed by atoms with Gasteiger partial charge in [-0.15, -0.1) is 0 Å². The summed E-state index contributed by atoms with van der Waals surface area (Å²) in [7, 11) is 0. The number of aliphatic imine (C=N–C) groups is 1. The van der Waals surface area contributed by atoms with Crippen LogP contribution in [0.4, 0.5) is 0 Å². The van der Waals surface area contributed by atoms with Crippen LogP contribution in [0.3, 0.4) is 0 Å². The van der Waals surface area contributed by atoms with E-state index in [1.165, 1.54) is 11.8 Å². The van der Waals surface area contributed by atoms with Crippen molar-refractivity contribution >= 4 is 101 Å². The molecule has 0 aliphatic carbocycles. The van der Waals surface area contributed by atoms with Gasteiger partial charge in [0.1, 0.15) is 48.3 Å². The topological polar surface area (TPSA) is 597 Å². The minimum atomic E-state index is -1.57. The van der Waals surface area contributed by atoms with Crippen LogP contribution in [0, 0.1) is 5.92 Å². The van der Waals surface area contributed by atoms with Gasteiger partial charge in [-0.25, -0.2) is 4.79 Å². The quantitative estimate of drug-likeness (QED) is 0.0155. The average Bonchev–Trinajstić information content (AvgIpc) is 3.06. The van der Waals surface area contributed by atoms with Crippen LogP contribution in [0.15, 0.2) is 4.99 Å². The lowest BCUT2D eigenvalue weighted by atomic mass is 10.0. The van der Waals surface area contributed by atoms with Gasteiger partial charge in [0, 0.05) is 38.9 Å². The third kappa shape index (κ3) is 26.5. The Hall–Kier alpha value is -9.25. The number of carbonyl (C=O) groups excluding carboxylic acids is 14. The highest BCUT2D eigenvalue weighted by molar-refractivity contribution is 5.99. The van der Waals surface area contributed by atoms with Gasteiger partial charge >= 0.3 is 11.9 Å². The molecule has 2 aliphatic heterocycles. The molecule has 23 N–H and O–H groups in total. The molecule has 0 aromatic heterocycles. The van der Waals surface area contributed by atoms with E-state index in [2.05, 4.69) is 52.8 Å². The Morgan fingerprint density at radius 3 is 1.58 bits per heavy atom. The normalized spacial score (nSPS) is 16.8. The predicted molar refractivity (Wildman–Crippen MR) is 298 cm³/mol. The van der Waals surface area contributed by atoms with Crippen molar-refractivity contribution in [1.29, 1.82) is 0 Å². The van der Waals surface area contributed by atoms with E-state index >= 15 is 0 Å². The molecule has 14 amide bonds. The summed E-state index contributed by atoms with van der Waals surface area (Å²) in [6.45, 7) is 2.65. The third-order valence-electron chi connectivity index (χ3n) is 13.3. The average molecular weight is 1220 g/mol. The van der Waals surface area contributed by atoms with E-state index < -0.39 is 201 Å². The van der Waals surface area contributed by atoms with Crippen LogP contribution in [0.5, 0.6) is 0 Å². The lowest BCUT2D eigenvalue weighted by Gasteiger charge is -2.29. The second-order valence-corrected chi connectivity index (χ2v) is 20.9. The van der Waals surface area contributed by atoms with Gasteiger partial charge in [0.2, 0.25) is 82.7 Å². The summed E-state index contributed by atoms with van der Waals surface area (Å²) in [5.41, 5.74) is 31.9. The lowest BCUT2D eigenvalue weighted by molar-refractivity contribution is -0.143. The van der Waals surface area contributed by atoms with Gasteiger partial charge in [-0.3, -0.25) is 76.9 Å². The molecule has 2 fully saturated rings. The number of primary amides is 3. The summed E-state index contributed by atoms with van der Waals surface area (Å²) in [5, 5.41) is 40.2. The molecule has 0 aromatic carbocycles. The highest BCUT2D eigenvalue weighted by Crippen LogP contribution is 2.21. The fourth-order valence-corrected chi connectivity index (χ4v) is 8.93. The number of likely N-dealkylation sites (tertiary alicyclic amines) is 2. The molecule has 0 saturated carbocycles. The predicted octanol–water partition coefficient (Wildman–Crippen LogP) is -8.97. The van der Waals surface area contributed by atoms with Gasteiger partial charge in [-0.05, 0) is 77.0 Å². The maximum Gasteiger partial charge on any atom is 0.326 e. The Balaban J connectivity index is 2.11. The number of nitrogens with one attached hydrogen (secondary N) is 9. The summed E-state index contributed by atoms with van der Waals surface area (Å²) < 4.78 is 0. The van der Waals surface area contributed by atoms with Crippen LogP contribution in [0.25, 0.3) is 0 Å². The van der Waals surface area contributed by atoms with Gasteiger partial charge in [-0.2, -0.15) is 0 Å². The number of carboxylic acid groups (broad SMARTS) is 2. The Labute approximate surface area is 493 Å². The molecule has 86 heavy (non-hydrogen) atoms. The van der Waals surface area contributed by atoms with E-state index in [0.717, 1.165) is 4.90 Å². The van der Waals surface area contributed by atoms with Crippen molar-refractivity contribution < 1.29 is 86.9 Å². The van der Waals surface area contributed by atoms with Crippen molar-refractivity contribution in [2.75, 3.05) is 39.3 Å². The molecule has 0 aromatic rings. The van der Waals surface area contributed by atoms with Crippen LogP contribution < -0.4 is 82.3 Å². The highest BCUT2D eigenvalue weighted by Gasteiger charge is 2.40. The number of carbonyl (C=O) groups is 16. The van der Waals surface area contributed by atoms with Gasteiger partial charge in [-0.1, -0.05) is 13.8 Å². The van der Waals surface area contributed by atoms with Crippen molar-refractivity contribution in [2.24, 2.45) is 45.3 Å². The van der Waals surface area contributed by atoms with Crippen molar-refractivity contribution in [1.82, 2.24) is 57.7 Å². The number of carboxylic acids is 2. The number of rotatable bonds is 38. The minimum absolute atomic E-state index is 0.0257. The smallest absolute Gasteiger partial charge is 0.326 e. The van der Waals surface area contributed by atoms with Gasteiger partial charge in [0.25, 0.3) is 0 Å². The van der Waals surface area contributed by atoms with Crippen molar-refractivity contribution in [3.8, 4) is 0 Å². The van der Waals surface area contributed by atoms with Crippen LogP contribution >= 0.6 is 0 Å². The fourth-order valence-electron chi connectivity index (χ4n) is 8.93. The van der Waals surface area contributed by atoms with E-state index in [1.54, 1.807) is 13.8 Å². The summed E-state index contributed by atoms with van der Waals surface area (Å²) >= 11 is 0. The summed E-state index contributed by atoms with van der Waals surface area (Å²) in [5.74, 6) is -15.6. The molecule has 2 saturated heterocycles. The maximum atomic E-state index is 14.0. The van der Waals surface area contributed by atoms with Crippen molar-refractivity contribution in [3.63, 3.8) is 0 Å². The second-order valence-electron chi connectivity index (χ2n) is 20.9. The first-order chi connectivity index (χ1) is 40.3. The molecule has 0 spiro atoms.